The van der Waals surface area contributed by atoms with Gasteiger partial charge in [-0.25, -0.2) is 4.68 Å². The van der Waals surface area contributed by atoms with Crippen LogP contribution in [0.3, 0.4) is 0 Å². The summed E-state index contributed by atoms with van der Waals surface area (Å²) in [6.45, 7) is 1.93. The van der Waals surface area contributed by atoms with Crippen molar-refractivity contribution in [2.45, 2.75) is 13.3 Å². The van der Waals surface area contributed by atoms with Gasteiger partial charge in [0.15, 0.2) is 0 Å². The number of hydrogen-bond donors (Lipinski definition) is 1. The van der Waals surface area contributed by atoms with Crippen molar-refractivity contribution >= 4 is 0 Å². The van der Waals surface area contributed by atoms with Crippen molar-refractivity contribution in [1.82, 2.24) is 9.78 Å². The Labute approximate surface area is 129 Å². The number of aromatic amines is 1. The Balaban J connectivity index is 1.97. The minimum atomic E-state index is -0.00785. The maximum Gasteiger partial charge on any atom is 0.274 e. The van der Waals surface area contributed by atoms with E-state index < -0.39 is 0 Å². The van der Waals surface area contributed by atoms with Crippen LogP contribution >= 0.6 is 0 Å². The molecule has 0 saturated heterocycles. The highest BCUT2D eigenvalue weighted by Gasteiger charge is 2.12. The fraction of sp³-hybridized carbons (Fsp3) is 0.167. The zero-order valence-electron chi connectivity index (χ0n) is 12.7. The van der Waals surface area contributed by atoms with Crippen molar-refractivity contribution in [3.8, 4) is 11.4 Å². The highest BCUT2D eigenvalue weighted by molar-refractivity contribution is 5.38. The molecule has 22 heavy (non-hydrogen) atoms. The van der Waals surface area contributed by atoms with Gasteiger partial charge in [-0.05, 0) is 36.8 Å². The van der Waals surface area contributed by atoms with E-state index in [4.69, 9.17) is 4.74 Å². The lowest BCUT2D eigenvalue weighted by atomic mass is 10.1. The molecule has 0 aliphatic carbocycles. The van der Waals surface area contributed by atoms with Gasteiger partial charge in [-0.15, -0.1) is 0 Å². The van der Waals surface area contributed by atoms with Gasteiger partial charge in [0, 0.05) is 17.7 Å². The van der Waals surface area contributed by atoms with E-state index in [1.165, 1.54) is 0 Å². The Bertz CT molecular complexity index is 815. The van der Waals surface area contributed by atoms with Crippen LogP contribution in [0.4, 0.5) is 0 Å². The van der Waals surface area contributed by atoms with Gasteiger partial charge in [0.1, 0.15) is 5.75 Å². The van der Waals surface area contributed by atoms with Crippen LogP contribution in [-0.2, 0) is 6.42 Å². The normalized spacial score (nSPS) is 10.6. The topological polar surface area (TPSA) is 47.0 Å². The number of aromatic nitrogens is 2. The van der Waals surface area contributed by atoms with E-state index in [1.807, 2.05) is 61.5 Å². The van der Waals surface area contributed by atoms with Crippen LogP contribution in [0.1, 0.15) is 16.8 Å². The molecule has 0 bridgehead atoms. The van der Waals surface area contributed by atoms with Crippen LogP contribution in [-0.4, -0.2) is 16.9 Å². The van der Waals surface area contributed by atoms with E-state index in [9.17, 15) is 4.79 Å². The molecule has 0 aliphatic rings. The molecule has 0 saturated carbocycles. The SMILES string of the molecule is COc1ccc(-n2[nH]c(C)c(Cc3ccccc3)c2=O)cc1. The van der Waals surface area contributed by atoms with Gasteiger partial charge in [0.2, 0.25) is 0 Å². The first kappa shape index (κ1) is 14.2. The second-order valence-electron chi connectivity index (χ2n) is 5.22. The van der Waals surface area contributed by atoms with Gasteiger partial charge >= 0.3 is 0 Å². The summed E-state index contributed by atoms with van der Waals surface area (Å²) >= 11 is 0. The Morgan fingerprint density at radius 2 is 1.73 bits per heavy atom. The van der Waals surface area contributed by atoms with Crippen LogP contribution in [0.5, 0.6) is 5.75 Å². The molecule has 1 aromatic heterocycles. The van der Waals surface area contributed by atoms with Crippen molar-refractivity contribution in [2.24, 2.45) is 0 Å². The molecule has 0 aliphatic heterocycles. The Morgan fingerprint density at radius 3 is 2.36 bits per heavy atom. The van der Waals surface area contributed by atoms with Crippen LogP contribution in [0.25, 0.3) is 5.69 Å². The lowest BCUT2D eigenvalue weighted by molar-refractivity contribution is 0.414. The van der Waals surface area contributed by atoms with Crippen LogP contribution < -0.4 is 10.3 Å². The fourth-order valence-electron chi connectivity index (χ4n) is 2.50. The number of nitrogens with zero attached hydrogens (tertiary/aromatic N) is 1. The van der Waals surface area contributed by atoms with Gasteiger partial charge in [-0.2, -0.15) is 0 Å². The zero-order chi connectivity index (χ0) is 15.5. The third-order valence-electron chi connectivity index (χ3n) is 3.75. The van der Waals surface area contributed by atoms with Gasteiger partial charge in [0.05, 0.1) is 12.8 Å². The molecule has 0 radical (unpaired) electrons. The molecule has 0 spiro atoms. The first-order valence-corrected chi connectivity index (χ1v) is 7.18. The van der Waals surface area contributed by atoms with Crippen molar-refractivity contribution in [2.75, 3.05) is 7.11 Å². The quantitative estimate of drug-likeness (QED) is 0.804. The molecular formula is C18H18N2O2. The van der Waals surface area contributed by atoms with E-state index in [2.05, 4.69) is 5.10 Å². The molecular weight excluding hydrogens is 276 g/mol. The number of benzene rings is 2. The summed E-state index contributed by atoms with van der Waals surface area (Å²) in [5, 5.41) is 3.15. The van der Waals surface area contributed by atoms with Crippen molar-refractivity contribution in [3.63, 3.8) is 0 Å². The molecule has 0 amide bonds. The maximum absolute atomic E-state index is 12.6. The lowest BCUT2D eigenvalue weighted by Crippen LogP contribution is -2.17. The molecule has 2 aromatic carbocycles. The molecule has 3 aromatic rings. The largest absolute Gasteiger partial charge is 0.497 e. The Hall–Kier alpha value is -2.75. The molecule has 1 N–H and O–H groups in total. The minimum absolute atomic E-state index is 0.00785. The van der Waals surface area contributed by atoms with E-state index in [0.29, 0.717) is 6.42 Å². The standard InChI is InChI=1S/C18H18N2O2/c1-13-17(12-14-6-4-3-5-7-14)18(21)20(19-13)15-8-10-16(22-2)11-9-15/h3-11,19H,12H2,1-2H3. The number of H-pyrrole nitrogens is 1. The number of ether oxygens (including phenoxy) is 1. The monoisotopic (exact) mass is 294 g/mol. The van der Waals surface area contributed by atoms with Crippen molar-refractivity contribution in [1.29, 1.82) is 0 Å². The molecule has 0 unspecified atom stereocenters. The van der Waals surface area contributed by atoms with Crippen molar-refractivity contribution < 1.29 is 4.74 Å². The van der Waals surface area contributed by atoms with E-state index >= 15 is 0 Å². The highest BCUT2D eigenvalue weighted by atomic mass is 16.5. The number of nitrogens with one attached hydrogen (secondary N) is 1. The number of hydrogen-bond acceptors (Lipinski definition) is 2. The Morgan fingerprint density at radius 1 is 1.05 bits per heavy atom. The molecule has 3 rings (SSSR count). The van der Waals surface area contributed by atoms with Gasteiger partial charge in [-0.1, -0.05) is 30.3 Å². The predicted molar refractivity (Wildman–Crippen MR) is 86.9 cm³/mol. The van der Waals surface area contributed by atoms with Crippen LogP contribution in [0, 0.1) is 6.92 Å². The predicted octanol–water partition coefficient (Wildman–Crippen LogP) is 3.07. The highest BCUT2D eigenvalue weighted by Crippen LogP contribution is 2.15. The lowest BCUT2D eigenvalue weighted by Gasteiger charge is -2.03. The fourth-order valence-corrected chi connectivity index (χ4v) is 2.50. The summed E-state index contributed by atoms with van der Waals surface area (Å²) in [4.78, 5) is 12.6. The zero-order valence-corrected chi connectivity index (χ0v) is 12.7. The summed E-state index contributed by atoms with van der Waals surface area (Å²) < 4.78 is 6.72. The number of methoxy groups -OCH3 is 1. The maximum atomic E-state index is 12.6. The smallest absolute Gasteiger partial charge is 0.274 e. The number of rotatable bonds is 4. The molecule has 4 heteroatoms. The summed E-state index contributed by atoms with van der Waals surface area (Å²) in [6, 6.07) is 17.4. The van der Waals surface area contributed by atoms with Gasteiger partial charge in [-0.3, -0.25) is 9.89 Å². The van der Waals surface area contributed by atoms with Crippen LogP contribution in [0.15, 0.2) is 59.4 Å². The van der Waals surface area contributed by atoms with E-state index in [-0.39, 0.29) is 5.56 Å². The van der Waals surface area contributed by atoms with Gasteiger partial charge < -0.3 is 4.74 Å². The second-order valence-corrected chi connectivity index (χ2v) is 5.22. The molecule has 4 nitrogen and oxygen atoms in total. The third kappa shape index (κ3) is 2.68. The summed E-state index contributed by atoms with van der Waals surface area (Å²) in [5.41, 5.74) is 3.61. The number of aryl methyl sites for hydroxylation is 1. The first-order valence-electron chi connectivity index (χ1n) is 7.18. The van der Waals surface area contributed by atoms with Crippen molar-refractivity contribution in [3.05, 3.63) is 81.8 Å². The minimum Gasteiger partial charge on any atom is -0.497 e. The molecule has 0 atom stereocenters. The first-order chi connectivity index (χ1) is 10.7. The summed E-state index contributed by atoms with van der Waals surface area (Å²) in [5.74, 6) is 0.768. The van der Waals surface area contributed by atoms with Gasteiger partial charge in [0.25, 0.3) is 5.56 Å². The third-order valence-corrected chi connectivity index (χ3v) is 3.75. The summed E-state index contributed by atoms with van der Waals surface area (Å²) in [6.07, 6.45) is 0.630. The molecule has 112 valence electrons. The molecule has 0 fully saturated rings. The summed E-state index contributed by atoms with van der Waals surface area (Å²) in [7, 11) is 1.62. The average molecular weight is 294 g/mol. The molecule has 1 heterocycles. The van der Waals surface area contributed by atoms with E-state index in [1.54, 1.807) is 11.8 Å². The Kier molecular flexibility index (Phi) is 3.83. The van der Waals surface area contributed by atoms with E-state index in [0.717, 1.165) is 28.3 Å². The van der Waals surface area contributed by atoms with Crippen LogP contribution in [0.2, 0.25) is 0 Å². The second kappa shape index (κ2) is 5.93. The average Bonchev–Trinajstić information content (AvgIpc) is 2.84.